The van der Waals surface area contributed by atoms with Crippen molar-refractivity contribution in [2.45, 2.75) is 58.2 Å². The SMILES string of the molecule is C[C@@H]1C[C@](C)(C(=O)C2CCCO2)C=C1C1CCCO1. The second-order valence-electron chi connectivity index (χ2n) is 6.53. The second kappa shape index (κ2) is 5.02. The molecule has 0 amide bonds. The van der Waals surface area contributed by atoms with E-state index in [0.29, 0.717) is 5.92 Å². The molecular weight excluding hydrogens is 240 g/mol. The van der Waals surface area contributed by atoms with Crippen LogP contribution in [0.3, 0.4) is 0 Å². The third kappa shape index (κ3) is 2.38. The van der Waals surface area contributed by atoms with Crippen LogP contribution in [-0.4, -0.2) is 31.2 Å². The van der Waals surface area contributed by atoms with Crippen molar-refractivity contribution in [3.63, 3.8) is 0 Å². The molecule has 0 saturated carbocycles. The fourth-order valence-electron chi connectivity index (χ4n) is 3.90. The Kier molecular flexibility index (Phi) is 3.52. The molecule has 19 heavy (non-hydrogen) atoms. The summed E-state index contributed by atoms with van der Waals surface area (Å²) in [4.78, 5) is 12.7. The Morgan fingerprint density at radius 2 is 2.00 bits per heavy atom. The molecule has 3 aliphatic rings. The molecule has 2 heterocycles. The van der Waals surface area contributed by atoms with Crippen LogP contribution in [0.4, 0.5) is 0 Å². The maximum atomic E-state index is 12.7. The van der Waals surface area contributed by atoms with Gasteiger partial charge >= 0.3 is 0 Å². The summed E-state index contributed by atoms with van der Waals surface area (Å²) in [6.45, 7) is 5.91. The van der Waals surface area contributed by atoms with Crippen molar-refractivity contribution in [1.29, 1.82) is 0 Å². The third-order valence-corrected chi connectivity index (χ3v) is 4.87. The molecular formula is C16H24O3. The van der Waals surface area contributed by atoms with Gasteiger partial charge < -0.3 is 9.47 Å². The lowest BCUT2D eigenvalue weighted by Crippen LogP contribution is -2.34. The van der Waals surface area contributed by atoms with Crippen molar-refractivity contribution < 1.29 is 14.3 Å². The van der Waals surface area contributed by atoms with Crippen LogP contribution in [-0.2, 0) is 14.3 Å². The smallest absolute Gasteiger partial charge is 0.171 e. The van der Waals surface area contributed by atoms with Crippen molar-refractivity contribution >= 4 is 5.78 Å². The average molecular weight is 264 g/mol. The topological polar surface area (TPSA) is 35.5 Å². The maximum absolute atomic E-state index is 12.7. The van der Waals surface area contributed by atoms with Crippen LogP contribution in [0.15, 0.2) is 11.6 Å². The highest BCUT2D eigenvalue weighted by molar-refractivity contribution is 5.91. The monoisotopic (exact) mass is 264 g/mol. The lowest BCUT2D eigenvalue weighted by atomic mass is 9.80. The normalized spacial score (nSPS) is 42.6. The highest BCUT2D eigenvalue weighted by Gasteiger charge is 2.45. The van der Waals surface area contributed by atoms with Gasteiger partial charge in [-0.15, -0.1) is 0 Å². The van der Waals surface area contributed by atoms with E-state index in [0.717, 1.165) is 45.3 Å². The summed E-state index contributed by atoms with van der Waals surface area (Å²) >= 11 is 0. The Morgan fingerprint density at radius 1 is 1.26 bits per heavy atom. The van der Waals surface area contributed by atoms with Crippen molar-refractivity contribution in [2.24, 2.45) is 11.3 Å². The molecule has 2 fully saturated rings. The number of hydrogen-bond donors (Lipinski definition) is 0. The molecule has 3 heteroatoms. The van der Waals surface area contributed by atoms with E-state index in [1.807, 2.05) is 0 Å². The summed E-state index contributed by atoms with van der Waals surface area (Å²) in [5.41, 5.74) is 1.02. The number of Topliss-reactive ketones (excluding diaryl/α,β-unsaturated/α-hetero) is 1. The van der Waals surface area contributed by atoms with Crippen molar-refractivity contribution in [3.05, 3.63) is 11.6 Å². The van der Waals surface area contributed by atoms with Gasteiger partial charge in [0.25, 0.3) is 0 Å². The largest absolute Gasteiger partial charge is 0.374 e. The molecule has 2 aliphatic heterocycles. The van der Waals surface area contributed by atoms with Gasteiger partial charge in [0.05, 0.1) is 6.10 Å². The minimum Gasteiger partial charge on any atom is -0.374 e. The van der Waals surface area contributed by atoms with Crippen LogP contribution in [0.1, 0.15) is 46.0 Å². The summed E-state index contributed by atoms with van der Waals surface area (Å²) in [6, 6.07) is 0. The van der Waals surface area contributed by atoms with E-state index in [-0.39, 0.29) is 23.4 Å². The van der Waals surface area contributed by atoms with Crippen LogP contribution in [0.2, 0.25) is 0 Å². The Hall–Kier alpha value is -0.670. The molecule has 106 valence electrons. The third-order valence-electron chi connectivity index (χ3n) is 4.87. The second-order valence-corrected chi connectivity index (χ2v) is 6.53. The highest BCUT2D eigenvalue weighted by atomic mass is 16.5. The van der Waals surface area contributed by atoms with Gasteiger partial charge in [-0.2, -0.15) is 0 Å². The number of carbonyl (C=O) groups excluding carboxylic acids is 1. The molecule has 3 rings (SSSR count). The first kappa shape index (κ1) is 13.3. The fourth-order valence-corrected chi connectivity index (χ4v) is 3.90. The van der Waals surface area contributed by atoms with Crippen LogP contribution in [0, 0.1) is 11.3 Å². The number of allylic oxidation sites excluding steroid dienone is 1. The van der Waals surface area contributed by atoms with Crippen LogP contribution in [0.5, 0.6) is 0 Å². The van der Waals surface area contributed by atoms with Gasteiger partial charge in [0.15, 0.2) is 5.78 Å². The molecule has 3 nitrogen and oxygen atoms in total. The summed E-state index contributed by atoms with van der Waals surface area (Å²) in [6.07, 6.45) is 7.38. The van der Waals surface area contributed by atoms with E-state index < -0.39 is 0 Å². The lowest BCUT2D eigenvalue weighted by Gasteiger charge is -2.24. The van der Waals surface area contributed by atoms with Gasteiger partial charge in [0.1, 0.15) is 6.10 Å². The van der Waals surface area contributed by atoms with Crippen molar-refractivity contribution in [2.75, 3.05) is 13.2 Å². The van der Waals surface area contributed by atoms with E-state index in [4.69, 9.17) is 9.47 Å². The zero-order valence-electron chi connectivity index (χ0n) is 12.0. The fraction of sp³-hybridized carbons (Fsp3) is 0.812. The van der Waals surface area contributed by atoms with E-state index in [2.05, 4.69) is 19.9 Å². The Morgan fingerprint density at radius 3 is 2.63 bits per heavy atom. The zero-order chi connectivity index (χ0) is 13.5. The summed E-state index contributed by atoms with van der Waals surface area (Å²) in [7, 11) is 0. The molecule has 0 radical (unpaired) electrons. The molecule has 1 aliphatic carbocycles. The Balaban J connectivity index is 1.78. The number of ether oxygens (including phenoxy) is 2. The van der Waals surface area contributed by atoms with Crippen LogP contribution >= 0.6 is 0 Å². The predicted octanol–water partition coefficient (Wildman–Crippen LogP) is 2.89. The van der Waals surface area contributed by atoms with E-state index in [1.165, 1.54) is 5.57 Å². The first-order valence-electron chi connectivity index (χ1n) is 7.60. The van der Waals surface area contributed by atoms with Gasteiger partial charge in [-0.1, -0.05) is 13.0 Å². The number of rotatable bonds is 3. The molecule has 0 bridgehead atoms. The minimum absolute atomic E-state index is 0.169. The maximum Gasteiger partial charge on any atom is 0.171 e. The molecule has 2 saturated heterocycles. The van der Waals surface area contributed by atoms with Gasteiger partial charge in [0, 0.05) is 18.6 Å². The van der Waals surface area contributed by atoms with Crippen molar-refractivity contribution in [3.8, 4) is 0 Å². The van der Waals surface area contributed by atoms with Gasteiger partial charge in [-0.25, -0.2) is 0 Å². The number of carbonyl (C=O) groups is 1. The molecule has 0 aromatic carbocycles. The lowest BCUT2D eigenvalue weighted by molar-refractivity contribution is -0.135. The molecule has 0 spiro atoms. The van der Waals surface area contributed by atoms with Gasteiger partial charge in [-0.3, -0.25) is 4.79 Å². The number of ketones is 1. The minimum atomic E-state index is -0.338. The summed E-state index contributed by atoms with van der Waals surface area (Å²) in [5, 5.41) is 0. The molecule has 4 atom stereocenters. The van der Waals surface area contributed by atoms with Crippen LogP contribution < -0.4 is 0 Å². The predicted molar refractivity (Wildman–Crippen MR) is 72.9 cm³/mol. The van der Waals surface area contributed by atoms with E-state index in [9.17, 15) is 4.79 Å². The highest BCUT2D eigenvalue weighted by Crippen LogP contribution is 2.45. The Bertz CT molecular complexity index is 389. The summed E-state index contributed by atoms with van der Waals surface area (Å²) in [5.74, 6) is 0.739. The first-order chi connectivity index (χ1) is 9.10. The Labute approximate surface area is 115 Å². The zero-order valence-corrected chi connectivity index (χ0v) is 12.0. The van der Waals surface area contributed by atoms with Crippen LogP contribution in [0.25, 0.3) is 0 Å². The molecule has 0 aromatic rings. The molecule has 2 unspecified atom stereocenters. The molecule has 0 N–H and O–H groups in total. The van der Waals surface area contributed by atoms with Gasteiger partial charge in [-0.05, 0) is 50.5 Å². The van der Waals surface area contributed by atoms with Gasteiger partial charge in [0.2, 0.25) is 0 Å². The average Bonchev–Trinajstić information content (AvgIpc) is 3.08. The molecule has 0 aromatic heterocycles. The van der Waals surface area contributed by atoms with Crippen molar-refractivity contribution in [1.82, 2.24) is 0 Å². The summed E-state index contributed by atoms with van der Waals surface area (Å²) < 4.78 is 11.4. The standard InChI is InChI=1S/C16H24O3/c1-11-9-16(2,15(17)14-6-4-8-19-14)10-12(11)13-5-3-7-18-13/h10-11,13-14H,3-9H2,1-2H3/t11-,13?,14?,16+/m1/s1. The quantitative estimate of drug-likeness (QED) is 0.735. The number of hydrogen-bond acceptors (Lipinski definition) is 3. The van der Waals surface area contributed by atoms with E-state index in [1.54, 1.807) is 0 Å². The van der Waals surface area contributed by atoms with E-state index >= 15 is 0 Å². The first-order valence-corrected chi connectivity index (χ1v) is 7.60.